The lowest BCUT2D eigenvalue weighted by Gasteiger charge is -2.09. The minimum absolute atomic E-state index is 0.00112. The molecule has 1 rings (SSSR count). The number of nitrogen functional groups attached to an aromatic ring is 2. The summed E-state index contributed by atoms with van der Waals surface area (Å²) in [6.45, 7) is 0. The Labute approximate surface area is 108 Å². The first-order valence-corrected chi connectivity index (χ1v) is 5.19. The molecule has 0 spiro atoms. The van der Waals surface area contributed by atoms with Crippen LogP contribution in [-0.4, -0.2) is 28.4 Å². The molecule has 0 saturated carbocycles. The monoisotopic (exact) mass is 268 g/mol. The van der Waals surface area contributed by atoms with Crippen molar-refractivity contribution in [2.45, 2.75) is 0 Å². The van der Waals surface area contributed by atoms with Gasteiger partial charge < -0.3 is 27.5 Å². The van der Waals surface area contributed by atoms with Gasteiger partial charge in [0.2, 0.25) is 5.95 Å². The van der Waals surface area contributed by atoms with Crippen molar-refractivity contribution >= 4 is 40.6 Å². The fourth-order valence-electron chi connectivity index (χ4n) is 1.18. The molecule has 18 heavy (non-hydrogen) atoms. The summed E-state index contributed by atoms with van der Waals surface area (Å²) in [5.74, 6) is 0.120. The van der Waals surface area contributed by atoms with Crippen molar-refractivity contribution in [1.29, 1.82) is 10.8 Å². The number of allylic oxidation sites excluding steroid dienone is 1. The SMILES string of the molecule is CN/C=C(\C=N)Nc1nc(N)c(C(=N)Cl)c(N)n1. The predicted octanol–water partition coefficient (Wildman–Crippen LogP) is 0.327. The standard InChI is InChI=1S/C9H13ClN8/c1-15-3-4(2-11)16-9-17-7(13)5(6(10)12)8(14)18-9/h2-3,11-12,15H,1H3,(H5,13,14,16,17,18)/b4-3+,11-2?,12-6?. The largest absolute Gasteiger partial charge is 0.392 e. The summed E-state index contributed by atoms with van der Waals surface area (Å²) in [6, 6.07) is 0. The van der Waals surface area contributed by atoms with Crippen molar-refractivity contribution < 1.29 is 0 Å². The van der Waals surface area contributed by atoms with Crippen LogP contribution in [0.5, 0.6) is 0 Å². The van der Waals surface area contributed by atoms with Gasteiger partial charge in [-0.2, -0.15) is 9.97 Å². The summed E-state index contributed by atoms with van der Waals surface area (Å²) in [4.78, 5) is 7.81. The average molecular weight is 269 g/mol. The zero-order valence-electron chi connectivity index (χ0n) is 9.58. The fourth-order valence-corrected chi connectivity index (χ4v) is 1.37. The smallest absolute Gasteiger partial charge is 0.231 e. The number of anilines is 3. The van der Waals surface area contributed by atoms with Gasteiger partial charge in [-0.3, -0.25) is 5.41 Å². The van der Waals surface area contributed by atoms with Crippen LogP contribution in [-0.2, 0) is 0 Å². The second kappa shape index (κ2) is 5.82. The van der Waals surface area contributed by atoms with Crippen molar-refractivity contribution in [2.75, 3.05) is 23.8 Å². The van der Waals surface area contributed by atoms with Gasteiger partial charge in [-0.05, 0) is 0 Å². The van der Waals surface area contributed by atoms with Gasteiger partial charge in [0.1, 0.15) is 16.8 Å². The van der Waals surface area contributed by atoms with Gasteiger partial charge in [-0.25, -0.2) is 0 Å². The number of nitrogens with two attached hydrogens (primary N) is 2. The Morgan fingerprint density at radius 2 is 1.89 bits per heavy atom. The lowest BCUT2D eigenvalue weighted by molar-refractivity contribution is 1.08. The molecular formula is C9H13ClN8. The van der Waals surface area contributed by atoms with Gasteiger partial charge in [0, 0.05) is 19.5 Å². The number of hydrogen-bond acceptors (Lipinski definition) is 8. The highest BCUT2D eigenvalue weighted by Crippen LogP contribution is 2.20. The Kier molecular flexibility index (Phi) is 4.44. The highest BCUT2D eigenvalue weighted by molar-refractivity contribution is 6.69. The minimum atomic E-state index is -0.324. The van der Waals surface area contributed by atoms with E-state index < -0.39 is 0 Å². The van der Waals surface area contributed by atoms with Crippen LogP contribution in [0.1, 0.15) is 5.56 Å². The highest BCUT2D eigenvalue weighted by atomic mass is 35.5. The number of aromatic nitrogens is 2. The average Bonchev–Trinajstić information content (AvgIpc) is 2.26. The van der Waals surface area contributed by atoms with Gasteiger partial charge in [0.15, 0.2) is 0 Å². The Morgan fingerprint density at radius 3 is 2.28 bits per heavy atom. The Bertz CT molecular complexity index is 486. The fraction of sp³-hybridized carbons (Fsp3) is 0.111. The molecule has 0 amide bonds. The predicted molar refractivity (Wildman–Crippen MR) is 73.1 cm³/mol. The number of rotatable bonds is 5. The number of nitrogens with one attached hydrogen (secondary N) is 4. The molecular weight excluding hydrogens is 256 g/mol. The lowest BCUT2D eigenvalue weighted by Crippen LogP contribution is -2.13. The summed E-state index contributed by atoms with van der Waals surface area (Å²) in [7, 11) is 1.69. The topological polar surface area (TPSA) is 150 Å². The number of hydrogen-bond donors (Lipinski definition) is 6. The first kappa shape index (κ1) is 13.7. The van der Waals surface area contributed by atoms with Crippen LogP contribution in [0, 0.1) is 10.8 Å². The third kappa shape index (κ3) is 3.08. The van der Waals surface area contributed by atoms with E-state index in [2.05, 4.69) is 20.6 Å². The Hall–Kier alpha value is -2.35. The minimum Gasteiger partial charge on any atom is -0.392 e. The summed E-state index contributed by atoms with van der Waals surface area (Å²) < 4.78 is 0. The molecule has 0 unspecified atom stereocenters. The molecule has 0 radical (unpaired) electrons. The molecule has 1 aromatic heterocycles. The Balaban J connectivity index is 3.11. The summed E-state index contributed by atoms with van der Waals surface area (Å²) >= 11 is 5.51. The van der Waals surface area contributed by atoms with E-state index in [1.54, 1.807) is 13.2 Å². The summed E-state index contributed by atoms with van der Waals surface area (Å²) in [5, 5.41) is 19.6. The van der Waals surface area contributed by atoms with E-state index in [1.165, 1.54) is 0 Å². The molecule has 0 aliphatic rings. The van der Waals surface area contributed by atoms with Crippen molar-refractivity contribution in [2.24, 2.45) is 0 Å². The summed E-state index contributed by atoms with van der Waals surface area (Å²) in [5.41, 5.74) is 11.8. The van der Waals surface area contributed by atoms with Gasteiger partial charge in [0.05, 0.1) is 11.3 Å². The molecule has 0 saturated heterocycles. The van der Waals surface area contributed by atoms with E-state index in [1.807, 2.05) is 0 Å². The molecule has 8 N–H and O–H groups in total. The van der Waals surface area contributed by atoms with Crippen LogP contribution < -0.4 is 22.1 Å². The van der Waals surface area contributed by atoms with Crippen LogP contribution in [0.2, 0.25) is 0 Å². The van der Waals surface area contributed by atoms with E-state index >= 15 is 0 Å². The first-order valence-electron chi connectivity index (χ1n) is 4.82. The van der Waals surface area contributed by atoms with Gasteiger partial charge in [0.25, 0.3) is 0 Å². The third-order valence-electron chi connectivity index (χ3n) is 1.90. The first-order chi connectivity index (χ1) is 8.49. The maximum atomic E-state index is 7.28. The molecule has 1 heterocycles. The normalized spacial score (nSPS) is 10.9. The molecule has 0 aliphatic heterocycles. The molecule has 8 nitrogen and oxygen atoms in total. The maximum absolute atomic E-state index is 7.28. The van der Waals surface area contributed by atoms with Gasteiger partial charge in [-0.15, -0.1) is 0 Å². The Morgan fingerprint density at radius 1 is 1.33 bits per heavy atom. The van der Waals surface area contributed by atoms with Crippen LogP contribution in [0.4, 0.5) is 17.6 Å². The molecule has 1 aromatic rings. The molecule has 0 atom stereocenters. The van der Waals surface area contributed by atoms with E-state index in [9.17, 15) is 0 Å². The quantitative estimate of drug-likeness (QED) is 0.424. The molecule has 96 valence electrons. The van der Waals surface area contributed by atoms with Gasteiger partial charge in [-0.1, -0.05) is 11.6 Å². The van der Waals surface area contributed by atoms with Crippen molar-refractivity contribution in [1.82, 2.24) is 15.3 Å². The molecule has 0 aromatic carbocycles. The van der Waals surface area contributed by atoms with E-state index in [0.717, 1.165) is 6.21 Å². The zero-order valence-corrected chi connectivity index (χ0v) is 10.3. The van der Waals surface area contributed by atoms with E-state index in [-0.39, 0.29) is 28.3 Å². The van der Waals surface area contributed by atoms with Crippen molar-refractivity contribution in [3.8, 4) is 0 Å². The van der Waals surface area contributed by atoms with Crippen LogP contribution >= 0.6 is 11.6 Å². The molecule has 0 bridgehead atoms. The van der Waals surface area contributed by atoms with E-state index in [0.29, 0.717) is 5.70 Å². The van der Waals surface area contributed by atoms with Gasteiger partial charge >= 0.3 is 0 Å². The lowest BCUT2D eigenvalue weighted by atomic mass is 10.3. The van der Waals surface area contributed by atoms with Crippen molar-refractivity contribution in [3.05, 3.63) is 17.5 Å². The van der Waals surface area contributed by atoms with Crippen molar-refractivity contribution in [3.63, 3.8) is 0 Å². The third-order valence-corrected chi connectivity index (χ3v) is 2.08. The zero-order chi connectivity index (χ0) is 13.7. The highest BCUT2D eigenvalue weighted by Gasteiger charge is 2.13. The molecule has 9 heteroatoms. The molecule has 0 fully saturated rings. The number of halogens is 1. The van der Waals surface area contributed by atoms with Crippen LogP contribution in [0.25, 0.3) is 0 Å². The second-order valence-electron chi connectivity index (χ2n) is 3.16. The number of nitrogens with zero attached hydrogens (tertiary/aromatic N) is 2. The second-order valence-corrected chi connectivity index (χ2v) is 3.54. The van der Waals surface area contributed by atoms with Crippen LogP contribution in [0.15, 0.2) is 11.9 Å². The van der Waals surface area contributed by atoms with E-state index in [4.69, 9.17) is 33.9 Å². The summed E-state index contributed by atoms with van der Waals surface area (Å²) in [6.07, 6.45) is 2.62. The van der Waals surface area contributed by atoms with Crippen LogP contribution in [0.3, 0.4) is 0 Å². The molecule has 0 aliphatic carbocycles. The maximum Gasteiger partial charge on any atom is 0.231 e.